The normalized spacial score (nSPS) is 13.1. The Labute approximate surface area is 197 Å². The molecule has 2 aromatic heterocycles. The molecule has 0 saturated carbocycles. The Hall–Kier alpha value is -3.36. The monoisotopic (exact) mass is 463 g/mol. The van der Waals surface area contributed by atoms with E-state index in [9.17, 15) is 19.5 Å². The van der Waals surface area contributed by atoms with E-state index < -0.39 is 6.10 Å². The third-order valence-corrected chi connectivity index (χ3v) is 6.47. The quantitative estimate of drug-likeness (QED) is 0.403. The van der Waals surface area contributed by atoms with Crippen molar-refractivity contribution >= 4 is 23.1 Å². The lowest BCUT2D eigenvalue weighted by atomic mass is 9.97. The van der Waals surface area contributed by atoms with Crippen LogP contribution in [0.15, 0.2) is 35.1 Å². The number of pyridine rings is 2. The standard InChI is InChI=1S/C26H29N3O5/c1-15(2)28(16(3)31)10-9-17-18-7-5-6-8-22(18)27-25-20(17)12-29-23(25)11-19(24(32)13-30)21(14-34-4)26(29)33/h5-8,11,13,15,24,32H,9-10,12,14H2,1-4H3. The second-order valence-electron chi connectivity index (χ2n) is 8.86. The van der Waals surface area contributed by atoms with Crippen molar-refractivity contribution in [1.29, 1.82) is 0 Å². The van der Waals surface area contributed by atoms with Crippen molar-refractivity contribution in [3.63, 3.8) is 0 Å². The van der Waals surface area contributed by atoms with Crippen LogP contribution in [0.5, 0.6) is 0 Å². The maximum atomic E-state index is 13.4. The number of benzene rings is 1. The Morgan fingerprint density at radius 2 is 2.03 bits per heavy atom. The Balaban J connectivity index is 1.91. The van der Waals surface area contributed by atoms with Gasteiger partial charge in [-0.2, -0.15) is 0 Å². The van der Waals surface area contributed by atoms with Crippen LogP contribution in [0.1, 0.15) is 49.1 Å². The van der Waals surface area contributed by atoms with Gasteiger partial charge in [0.25, 0.3) is 5.56 Å². The molecular weight excluding hydrogens is 434 g/mol. The zero-order chi connectivity index (χ0) is 24.6. The van der Waals surface area contributed by atoms with Crippen LogP contribution < -0.4 is 5.56 Å². The van der Waals surface area contributed by atoms with Crippen molar-refractivity contribution in [2.45, 2.75) is 52.5 Å². The molecule has 0 saturated heterocycles. The van der Waals surface area contributed by atoms with Gasteiger partial charge in [0.05, 0.1) is 30.1 Å². The van der Waals surface area contributed by atoms with Gasteiger partial charge in [0.15, 0.2) is 6.29 Å². The number of para-hydroxylation sites is 1. The molecule has 8 heteroatoms. The number of hydrogen-bond donors (Lipinski definition) is 1. The fraction of sp³-hybridized carbons (Fsp3) is 0.385. The van der Waals surface area contributed by atoms with Crippen molar-refractivity contribution in [3.05, 3.63) is 62.9 Å². The number of methoxy groups -OCH3 is 1. The van der Waals surface area contributed by atoms with Crippen LogP contribution in [0.2, 0.25) is 0 Å². The molecule has 1 amide bonds. The predicted octanol–water partition coefficient (Wildman–Crippen LogP) is 2.60. The van der Waals surface area contributed by atoms with Gasteiger partial charge in [-0.3, -0.25) is 9.59 Å². The van der Waals surface area contributed by atoms with Gasteiger partial charge in [-0.05, 0) is 38.0 Å². The lowest BCUT2D eigenvalue weighted by molar-refractivity contribution is -0.130. The Morgan fingerprint density at radius 1 is 1.29 bits per heavy atom. The molecule has 0 radical (unpaired) electrons. The number of ether oxygens (including phenoxy) is 1. The first-order valence-corrected chi connectivity index (χ1v) is 11.3. The third-order valence-electron chi connectivity index (χ3n) is 6.47. The Morgan fingerprint density at radius 3 is 2.68 bits per heavy atom. The van der Waals surface area contributed by atoms with E-state index in [1.54, 1.807) is 17.6 Å². The van der Waals surface area contributed by atoms with Crippen molar-refractivity contribution in [1.82, 2.24) is 14.5 Å². The second-order valence-corrected chi connectivity index (χ2v) is 8.86. The van der Waals surface area contributed by atoms with Gasteiger partial charge in [0.2, 0.25) is 5.91 Å². The average molecular weight is 464 g/mol. The van der Waals surface area contributed by atoms with Crippen molar-refractivity contribution in [3.8, 4) is 11.4 Å². The number of rotatable bonds is 8. The van der Waals surface area contributed by atoms with Crippen molar-refractivity contribution in [2.75, 3.05) is 13.7 Å². The molecule has 0 aliphatic carbocycles. The van der Waals surface area contributed by atoms with E-state index in [4.69, 9.17) is 9.72 Å². The van der Waals surface area contributed by atoms with E-state index in [2.05, 4.69) is 0 Å². The summed E-state index contributed by atoms with van der Waals surface area (Å²) >= 11 is 0. The van der Waals surface area contributed by atoms with Gasteiger partial charge < -0.3 is 24.1 Å². The molecule has 1 aromatic carbocycles. The maximum absolute atomic E-state index is 13.4. The summed E-state index contributed by atoms with van der Waals surface area (Å²) in [5.41, 5.74) is 4.16. The lowest BCUT2D eigenvalue weighted by Crippen LogP contribution is -2.36. The molecule has 3 heterocycles. The summed E-state index contributed by atoms with van der Waals surface area (Å²) in [5, 5.41) is 11.3. The van der Waals surface area contributed by atoms with Crippen LogP contribution in [0, 0.1) is 0 Å². The topological polar surface area (TPSA) is 102 Å². The van der Waals surface area contributed by atoms with Crippen LogP contribution in [0.4, 0.5) is 0 Å². The zero-order valence-corrected chi connectivity index (χ0v) is 19.9. The summed E-state index contributed by atoms with van der Waals surface area (Å²) in [6.07, 6.45) is -0.411. The minimum atomic E-state index is -1.43. The van der Waals surface area contributed by atoms with E-state index in [0.717, 1.165) is 22.0 Å². The smallest absolute Gasteiger partial charge is 0.257 e. The van der Waals surface area contributed by atoms with Gasteiger partial charge in [0.1, 0.15) is 6.10 Å². The van der Waals surface area contributed by atoms with E-state index in [1.807, 2.05) is 43.0 Å². The van der Waals surface area contributed by atoms with E-state index in [1.165, 1.54) is 7.11 Å². The molecule has 4 rings (SSSR count). The summed E-state index contributed by atoms with van der Waals surface area (Å²) in [7, 11) is 1.46. The number of aliphatic hydroxyl groups excluding tert-OH is 1. The Bertz CT molecular complexity index is 1330. The summed E-state index contributed by atoms with van der Waals surface area (Å²) < 4.78 is 6.81. The van der Waals surface area contributed by atoms with Crippen LogP contribution in [0.3, 0.4) is 0 Å². The van der Waals surface area contributed by atoms with Crippen LogP contribution >= 0.6 is 0 Å². The predicted molar refractivity (Wildman–Crippen MR) is 129 cm³/mol. The number of carbonyl (C=O) groups is 2. The van der Waals surface area contributed by atoms with Gasteiger partial charge in [-0.15, -0.1) is 0 Å². The van der Waals surface area contributed by atoms with Gasteiger partial charge in [-0.1, -0.05) is 18.2 Å². The zero-order valence-electron chi connectivity index (χ0n) is 19.9. The highest BCUT2D eigenvalue weighted by molar-refractivity contribution is 5.88. The average Bonchev–Trinajstić information content (AvgIpc) is 3.18. The first-order chi connectivity index (χ1) is 16.3. The molecule has 178 valence electrons. The lowest BCUT2D eigenvalue weighted by Gasteiger charge is -2.26. The molecule has 0 spiro atoms. The second kappa shape index (κ2) is 9.48. The highest BCUT2D eigenvalue weighted by Gasteiger charge is 2.29. The van der Waals surface area contributed by atoms with Crippen LogP contribution in [0.25, 0.3) is 22.3 Å². The number of carbonyl (C=O) groups excluding carboxylic acids is 2. The first kappa shape index (κ1) is 23.8. The molecule has 1 N–H and O–H groups in total. The Kier molecular flexibility index (Phi) is 6.63. The molecule has 8 nitrogen and oxygen atoms in total. The number of hydrogen-bond acceptors (Lipinski definition) is 6. The number of amides is 1. The third kappa shape index (κ3) is 4.03. The minimum absolute atomic E-state index is 0.0140. The summed E-state index contributed by atoms with van der Waals surface area (Å²) in [5.74, 6) is 0.0150. The number of fused-ring (bicyclic) bond motifs is 4. The highest BCUT2D eigenvalue weighted by atomic mass is 16.5. The fourth-order valence-corrected chi connectivity index (χ4v) is 4.84. The van der Waals surface area contributed by atoms with Crippen molar-refractivity contribution < 1.29 is 19.4 Å². The SMILES string of the molecule is COCc1c(C(O)C=O)cc2n(c1=O)Cc1c-2nc2ccccc2c1CCN(C(C)=O)C(C)C. The molecule has 0 bridgehead atoms. The van der Waals surface area contributed by atoms with Gasteiger partial charge in [-0.25, -0.2) is 4.98 Å². The molecule has 1 unspecified atom stereocenters. The highest BCUT2D eigenvalue weighted by Crippen LogP contribution is 2.37. The number of nitrogens with zero attached hydrogens (tertiary/aromatic N) is 3. The van der Waals surface area contributed by atoms with E-state index >= 15 is 0 Å². The fourth-order valence-electron chi connectivity index (χ4n) is 4.84. The molecular formula is C26H29N3O5. The number of aldehydes is 1. The van der Waals surface area contributed by atoms with E-state index in [-0.39, 0.29) is 35.2 Å². The largest absolute Gasteiger partial charge is 0.381 e. The van der Waals surface area contributed by atoms with Crippen LogP contribution in [-0.4, -0.2) is 51.4 Å². The first-order valence-electron chi connectivity index (χ1n) is 11.3. The maximum Gasteiger partial charge on any atom is 0.257 e. The summed E-state index contributed by atoms with van der Waals surface area (Å²) in [6, 6.07) is 9.53. The molecule has 1 atom stereocenters. The van der Waals surface area contributed by atoms with Crippen molar-refractivity contribution in [2.24, 2.45) is 0 Å². The number of aromatic nitrogens is 2. The molecule has 3 aromatic rings. The minimum Gasteiger partial charge on any atom is -0.381 e. The molecule has 34 heavy (non-hydrogen) atoms. The van der Waals surface area contributed by atoms with Gasteiger partial charge >= 0.3 is 0 Å². The molecule has 1 aliphatic heterocycles. The summed E-state index contributed by atoms with van der Waals surface area (Å²) in [6.45, 7) is 6.41. The van der Waals surface area contributed by atoms with E-state index in [0.29, 0.717) is 37.2 Å². The molecule has 1 aliphatic rings. The van der Waals surface area contributed by atoms with Gasteiger partial charge in [0, 0.05) is 48.7 Å². The summed E-state index contributed by atoms with van der Waals surface area (Å²) in [4.78, 5) is 43.6. The molecule has 0 fully saturated rings. The number of aliphatic hydroxyl groups is 1. The van der Waals surface area contributed by atoms with Crippen LogP contribution in [-0.2, 0) is 33.9 Å².